The van der Waals surface area contributed by atoms with Gasteiger partial charge in [-0.3, -0.25) is 4.79 Å². The number of likely N-dealkylation sites (N-methyl/N-ethyl adjacent to an activating group) is 1. The van der Waals surface area contributed by atoms with Crippen LogP contribution in [0.5, 0.6) is 0 Å². The number of piperazine rings is 1. The van der Waals surface area contributed by atoms with Crippen molar-refractivity contribution in [3.63, 3.8) is 0 Å². The van der Waals surface area contributed by atoms with Crippen LogP contribution in [0.25, 0.3) is 6.08 Å². The average Bonchev–Trinajstić information content (AvgIpc) is 2.54. The molecule has 2 rings (SSSR count). The number of amides is 1. The molecule has 0 atom stereocenters. The van der Waals surface area contributed by atoms with Gasteiger partial charge in [-0.2, -0.15) is 0 Å². The van der Waals surface area contributed by atoms with Crippen molar-refractivity contribution in [1.82, 2.24) is 14.5 Å². The second-order valence-electron chi connectivity index (χ2n) is 5.59. The highest BCUT2D eigenvalue weighted by Gasteiger charge is 2.18. The Labute approximate surface area is 137 Å². The van der Waals surface area contributed by atoms with Crippen molar-refractivity contribution in [1.29, 1.82) is 0 Å². The van der Waals surface area contributed by atoms with Gasteiger partial charge in [0.25, 0.3) is 0 Å². The van der Waals surface area contributed by atoms with Gasteiger partial charge >= 0.3 is 0 Å². The van der Waals surface area contributed by atoms with Gasteiger partial charge in [0.05, 0.1) is 0 Å². The van der Waals surface area contributed by atoms with E-state index >= 15 is 0 Å². The Balaban J connectivity index is 1.76. The number of carbonyl (C=O) groups is 1. The van der Waals surface area contributed by atoms with E-state index in [0.29, 0.717) is 13.1 Å². The van der Waals surface area contributed by atoms with Crippen LogP contribution in [-0.4, -0.2) is 63.9 Å². The minimum absolute atomic E-state index is 0.00663. The zero-order valence-electron chi connectivity index (χ0n) is 13.3. The van der Waals surface area contributed by atoms with E-state index in [1.54, 1.807) is 4.90 Å². The van der Waals surface area contributed by atoms with Gasteiger partial charge in [0.2, 0.25) is 15.9 Å². The van der Waals surface area contributed by atoms with Gasteiger partial charge in [0, 0.05) is 44.6 Å². The van der Waals surface area contributed by atoms with E-state index in [-0.39, 0.29) is 18.9 Å². The van der Waals surface area contributed by atoms with Gasteiger partial charge in [0.1, 0.15) is 0 Å². The van der Waals surface area contributed by atoms with Crippen LogP contribution < -0.4 is 4.72 Å². The van der Waals surface area contributed by atoms with E-state index in [0.717, 1.165) is 24.1 Å². The number of carbonyl (C=O) groups excluding carboxylic acids is 1. The fourth-order valence-corrected chi connectivity index (χ4v) is 3.11. The molecule has 1 saturated heterocycles. The van der Waals surface area contributed by atoms with Gasteiger partial charge in [-0.05, 0) is 18.7 Å². The molecule has 1 amide bonds. The summed E-state index contributed by atoms with van der Waals surface area (Å²) in [6.07, 6.45) is 1.72. The molecule has 126 valence electrons. The first-order valence-electron chi connectivity index (χ1n) is 7.65. The highest BCUT2D eigenvalue weighted by molar-refractivity contribution is 7.92. The number of nitrogens with zero attached hydrogens (tertiary/aromatic N) is 2. The van der Waals surface area contributed by atoms with Crippen molar-refractivity contribution in [2.24, 2.45) is 0 Å². The van der Waals surface area contributed by atoms with Crippen molar-refractivity contribution in [2.75, 3.05) is 39.8 Å². The Morgan fingerprint density at radius 3 is 2.48 bits per heavy atom. The normalized spacial score (nSPS) is 16.8. The van der Waals surface area contributed by atoms with Gasteiger partial charge in [-0.25, -0.2) is 13.1 Å². The number of benzene rings is 1. The van der Waals surface area contributed by atoms with Crippen molar-refractivity contribution in [3.05, 3.63) is 41.3 Å². The van der Waals surface area contributed by atoms with Crippen LogP contribution in [-0.2, 0) is 14.8 Å². The first-order valence-corrected chi connectivity index (χ1v) is 9.20. The molecule has 0 aromatic heterocycles. The maximum atomic E-state index is 12.0. The fraction of sp³-hybridized carbons (Fsp3) is 0.438. The molecule has 23 heavy (non-hydrogen) atoms. The smallest absolute Gasteiger partial charge is 0.233 e. The third-order valence-corrected chi connectivity index (χ3v) is 4.84. The molecule has 1 aliphatic heterocycles. The van der Waals surface area contributed by atoms with Gasteiger partial charge in [0.15, 0.2) is 0 Å². The second kappa shape index (κ2) is 8.24. The summed E-state index contributed by atoms with van der Waals surface area (Å²) in [5, 5.41) is 1.13. The molecular formula is C16H23N3O3S. The summed E-state index contributed by atoms with van der Waals surface area (Å²) in [6, 6.07) is 9.20. The van der Waals surface area contributed by atoms with Crippen molar-refractivity contribution < 1.29 is 13.2 Å². The van der Waals surface area contributed by atoms with E-state index in [1.807, 2.05) is 37.4 Å². The third kappa shape index (κ3) is 6.13. The lowest BCUT2D eigenvalue weighted by atomic mass is 10.2. The standard InChI is InChI=1S/C16H23N3O3S/c1-18-10-12-19(13-11-18)16(20)7-9-17-23(21,22)14-8-15-5-3-2-4-6-15/h2-6,8,14,17H,7,9-13H2,1H3. The molecule has 0 spiro atoms. The van der Waals surface area contributed by atoms with Crippen LogP contribution in [0.15, 0.2) is 35.7 Å². The zero-order valence-corrected chi connectivity index (χ0v) is 14.1. The number of rotatable bonds is 6. The molecular weight excluding hydrogens is 314 g/mol. The van der Waals surface area contributed by atoms with Crippen LogP contribution in [0.4, 0.5) is 0 Å². The first kappa shape index (κ1) is 17.7. The SMILES string of the molecule is CN1CCN(C(=O)CCNS(=O)(=O)C=Cc2ccccc2)CC1. The van der Waals surface area contributed by atoms with E-state index in [4.69, 9.17) is 0 Å². The van der Waals surface area contributed by atoms with Crippen molar-refractivity contribution >= 4 is 22.0 Å². The molecule has 0 unspecified atom stereocenters. The number of hydrogen-bond donors (Lipinski definition) is 1. The summed E-state index contributed by atoms with van der Waals surface area (Å²) >= 11 is 0. The molecule has 0 saturated carbocycles. The lowest BCUT2D eigenvalue weighted by Gasteiger charge is -2.32. The molecule has 1 fully saturated rings. The van der Waals surface area contributed by atoms with E-state index in [2.05, 4.69) is 9.62 Å². The van der Waals surface area contributed by atoms with Crippen molar-refractivity contribution in [3.8, 4) is 0 Å². The number of nitrogens with one attached hydrogen (secondary N) is 1. The highest BCUT2D eigenvalue weighted by atomic mass is 32.2. The van der Waals surface area contributed by atoms with Gasteiger partial charge in [-0.15, -0.1) is 0 Å². The van der Waals surface area contributed by atoms with Crippen LogP contribution in [0.3, 0.4) is 0 Å². The third-order valence-electron chi connectivity index (χ3n) is 3.74. The molecule has 1 aromatic carbocycles. The Hall–Kier alpha value is -1.70. The van der Waals surface area contributed by atoms with Crippen LogP contribution in [0, 0.1) is 0 Å². The molecule has 1 heterocycles. The minimum Gasteiger partial charge on any atom is -0.340 e. The summed E-state index contributed by atoms with van der Waals surface area (Å²) in [5.41, 5.74) is 0.811. The summed E-state index contributed by atoms with van der Waals surface area (Å²) in [5.74, 6) is -0.00663. The van der Waals surface area contributed by atoms with Gasteiger partial charge < -0.3 is 9.80 Å². The predicted octanol–water partition coefficient (Wildman–Crippen LogP) is 0.741. The second-order valence-corrected chi connectivity index (χ2v) is 7.24. The molecule has 1 aromatic rings. The Morgan fingerprint density at radius 2 is 1.83 bits per heavy atom. The van der Waals surface area contributed by atoms with Crippen molar-refractivity contribution in [2.45, 2.75) is 6.42 Å². The van der Waals surface area contributed by atoms with Crippen LogP contribution in [0.1, 0.15) is 12.0 Å². The van der Waals surface area contributed by atoms with Crippen LogP contribution >= 0.6 is 0 Å². The Bertz CT molecular complexity index is 636. The predicted molar refractivity (Wildman–Crippen MR) is 91.1 cm³/mol. The molecule has 1 N–H and O–H groups in total. The minimum atomic E-state index is -3.52. The zero-order chi connectivity index (χ0) is 16.7. The maximum absolute atomic E-state index is 12.0. The summed E-state index contributed by atoms with van der Waals surface area (Å²) in [6.45, 7) is 3.24. The van der Waals surface area contributed by atoms with E-state index < -0.39 is 10.0 Å². The molecule has 0 aliphatic carbocycles. The number of hydrogen-bond acceptors (Lipinski definition) is 4. The molecule has 1 aliphatic rings. The lowest BCUT2D eigenvalue weighted by molar-refractivity contribution is -0.132. The molecule has 7 heteroatoms. The Kier molecular flexibility index (Phi) is 6.32. The quantitative estimate of drug-likeness (QED) is 0.831. The lowest BCUT2D eigenvalue weighted by Crippen LogP contribution is -2.47. The monoisotopic (exact) mass is 337 g/mol. The maximum Gasteiger partial charge on any atom is 0.233 e. The highest BCUT2D eigenvalue weighted by Crippen LogP contribution is 2.04. The summed E-state index contributed by atoms with van der Waals surface area (Å²) in [7, 11) is -1.50. The van der Waals surface area contributed by atoms with E-state index in [9.17, 15) is 13.2 Å². The molecule has 0 bridgehead atoms. The topological polar surface area (TPSA) is 69.7 Å². The Morgan fingerprint density at radius 1 is 1.17 bits per heavy atom. The van der Waals surface area contributed by atoms with E-state index in [1.165, 1.54) is 6.08 Å². The summed E-state index contributed by atoms with van der Waals surface area (Å²) < 4.78 is 26.2. The number of sulfonamides is 1. The summed E-state index contributed by atoms with van der Waals surface area (Å²) in [4.78, 5) is 16.0. The fourth-order valence-electron chi connectivity index (χ4n) is 2.29. The van der Waals surface area contributed by atoms with Gasteiger partial charge in [-0.1, -0.05) is 30.3 Å². The average molecular weight is 337 g/mol. The largest absolute Gasteiger partial charge is 0.340 e. The van der Waals surface area contributed by atoms with Crippen LogP contribution in [0.2, 0.25) is 0 Å². The first-order chi connectivity index (χ1) is 11.0. The molecule has 6 nitrogen and oxygen atoms in total. The molecule has 0 radical (unpaired) electrons.